The minimum atomic E-state index is -0.0826. The smallest absolute Gasteiger partial charge is 0.322 e. The average Bonchev–Trinajstić information content (AvgIpc) is 2.31. The van der Waals surface area contributed by atoms with E-state index >= 15 is 0 Å². The van der Waals surface area contributed by atoms with Gasteiger partial charge in [-0.3, -0.25) is 0 Å². The van der Waals surface area contributed by atoms with Crippen molar-refractivity contribution in [2.45, 2.75) is 0 Å². The van der Waals surface area contributed by atoms with Gasteiger partial charge in [0, 0.05) is 19.2 Å². The van der Waals surface area contributed by atoms with Crippen molar-refractivity contribution in [2.24, 2.45) is 0 Å². The number of para-hydroxylation sites is 1. The molecule has 1 aliphatic rings. The van der Waals surface area contributed by atoms with E-state index in [1.807, 2.05) is 18.2 Å². The van der Waals surface area contributed by atoms with Crippen molar-refractivity contribution in [1.29, 1.82) is 0 Å². The Morgan fingerprint density at radius 2 is 2.20 bits per heavy atom. The predicted octanol–water partition coefficient (Wildman–Crippen LogP) is 1.35. The van der Waals surface area contributed by atoms with Crippen molar-refractivity contribution < 1.29 is 9.53 Å². The highest BCUT2D eigenvalue weighted by Gasteiger charge is 2.16. The number of benzene rings is 1. The summed E-state index contributed by atoms with van der Waals surface area (Å²) in [5.74, 6) is 0. The molecule has 0 unspecified atom stereocenters. The predicted molar refractivity (Wildman–Crippen MR) is 56.7 cm³/mol. The fourth-order valence-electron chi connectivity index (χ4n) is 1.43. The molecule has 0 saturated carbocycles. The fraction of sp³-hybridized carbons (Fsp3) is 0.364. The Labute approximate surface area is 88.8 Å². The number of morpholine rings is 1. The Kier molecular flexibility index (Phi) is 3.19. The maximum Gasteiger partial charge on any atom is 0.322 e. The van der Waals surface area contributed by atoms with E-state index < -0.39 is 0 Å². The quantitative estimate of drug-likeness (QED) is 0.752. The lowest BCUT2D eigenvalue weighted by Crippen LogP contribution is -2.43. The van der Waals surface area contributed by atoms with Crippen LogP contribution in [-0.4, -0.2) is 37.2 Å². The van der Waals surface area contributed by atoms with Gasteiger partial charge in [-0.05, 0) is 6.07 Å². The number of urea groups is 1. The van der Waals surface area contributed by atoms with Crippen LogP contribution in [0.25, 0.3) is 0 Å². The number of carbonyl (C=O) groups is 1. The third kappa shape index (κ3) is 2.70. The summed E-state index contributed by atoms with van der Waals surface area (Å²) in [6.45, 7) is 2.54. The Morgan fingerprint density at radius 1 is 1.40 bits per heavy atom. The van der Waals surface area contributed by atoms with Gasteiger partial charge in [0.25, 0.3) is 0 Å². The zero-order valence-electron chi connectivity index (χ0n) is 8.40. The van der Waals surface area contributed by atoms with E-state index in [0.29, 0.717) is 32.0 Å². The summed E-state index contributed by atoms with van der Waals surface area (Å²) in [6, 6.07) is 10.2. The Balaban J connectivity index is 1.91. The van der Waals surface area contributed by atoms with Gasteiger partial charge >= 0.3 is 6.03 Å². The van der Waals surface area contributed by atoms with E-state index in [1.54, 1.807) is 11.0 Å². The molecule has 1 heterocycles. The number of carbonyl (C=O) groups excluding carboxylic acids is 1. The van der Waals surface area contributed by atoms with Gasteiger partial charge < -0.3 is 15.0 Å². The number of anilines is 1. The van der Waals surface area contributed by atoms with E-state index in [1.165, 1.54) is 0 Å². The highest BCUT2D eigenvalue weighted by atomic mass is 16.5. The van der Waals surface area contributed by atoms with Crippen LogP contribution < -0.4 is 5.32 Å². The van der Waals surface area contributed by atoms with Crippen LogP contribution in [0.2, 0.25) is 0 Å². The standard InChI is InChI=1S/C11H13N2O2/c14-11(13-6-8-15-9-7-13)12-10-4-2-1-3-5-10/h1-4H,6-9H2,(H,12,14). The molecule has 0 atom stereocenters. The van der Waals surface area contributed by atoms with E-state index in [9.17, 15) is 4.79 Å². The molecule has 1 fully saturated rings. The van der Waals surface area contributed by atoms with Gasteiger partial charge in [0.1, 0.15) is 0 Å². The van der Waals surface area contributed by atoms with Gasteiger partial charge in [-0.2, -0.15) is 0 Å². The highest BCUT2D eigenvalue weighted by molar-refractivity contribution is 5.89. The second-order valence-corrected chi connectivity index (χ2v) is 3.31. The van der Waals surface area contributed by atoms with Crippen molar-refractivity contribution >= 4 is 11.7 Å². The molecule has 0 bridgehead atoms. The van der Waals surface area contributed by atoms with Gasteiger partial charge in [-0.25, -0.2) is 4.79 Å². The summed E-state index contributed by atoms with van der Waals surface area (Å²) in [5.41, 5.74) is 0.703. The largest absolute Gasteiger partial charge is 0.378 e. The lowest BCUT2D eigenvalue weighted by Gasteiger charge is -2.26. The van der Waals surface area contributed by atoms with Crippen molar-refractivity contribution in [3.63, 3.8) is 0 Å². The van der Waals surface area contributed by atoms with Crippen molar-refractivity contribution in [2.75, 3.05) is 31.6 Å². The molecule has 1 N–H and O–H groups in total. The van der Waals surface area contributed by atoms with Crippen LogP contribution in [0.5, 0.6) is 0 Å². The molecule has 1 aromatic rings. The van der Waals surface area contributed by atoms with E-state index in [2.05, 4.69) is 11.4 Å². The Bertz CT molecular complexity index is 321. The SMILES string of the molecule is O=C(Nc1[c]cccc1)N1CCOCC1. The van der Waals surface area contributed by atoms with Crippen LogP contribution in [-0.2, 0) is 4.74 Å². The van der Waals surface area contributed by atoms with Crippen molar-refractivity contribution in [1.82, 2.24) is 4.90 Å². The number of hydrogen-bond acceptors (Lipinski definition) is 2. The second-order valence-electron chi connectivity index (χ2n) is 3.31. The molecule has 1 aliphatic heterocycles. The summed E-state index contributed by atoms with van der Waals surface area (Å²) < 4.78 is 5.17. The first-order chi connectivity index (χ1) is 7.36. The van der Waals surface area contributed by atoms with Gasteiger partial charge in [0.15, 0.2) is 0 Å². The van der Waals surface area contributed by atoms with E-state index in [-0.39, 0.29) is 6.03 Å². The molecule has 79 valence electrons. The Morgan fingerprint density at radius 3 is 2.87 bits per heavy atom. The number of amides is 2. The molecule has 1 saturated heterocycles. The first kappa shape index (κ1) is 9.98. The van der Waals surface area contributed by atoms with Crippen LogP contribution in [0, 0.1) is 6.07 Å². The van der Waals surface area contributed by atoms with Gasteiger partial charge in [-0.1, -0.05) is 18.2 Å². The topological polar surface area (TPSA) is 41.6 Å². The molecule has 2 rings (SSSR count). The Hall–Kier alpha value is -1.55. The van der Waals surface area contributed by atoms with Crippen LogP contribution in [0.1, 0.15) is 0 Å². The molecule has 4 nitrogen and oxygen atoms in total. The lowest BCUT2D eigenvalue weighted by molar-refractivity contribution is 0.0564. The molecule has 1 aromatic carbocycles. The maximum absolute atomic E-state index is 11.7. The zero-order chi connectivity index (χ0) is 10.5. The molecular formula is C11H13N2O2. The normalized spacial score (nSPS) is 16.1. The number of nitrogens with zero attached hydrogens (tertiary/aromatic N) is 1. The molecular weight excluding hydrogens is 192 g/mol. The molecule has 0 aliphatic carbocycles. The van der Waals surface area contributed by atoms with Crippen molar-refractivity contribution in [3.05, 3.63) is 30.3 Å². The first-order valence-corrected chi connectivity index (χ1v) is 4.96. The van der Waals surface area contributed by atoms with E-state index in [4.69, 9.17) is 4.74 Å². The summed E-state index contributed by atoms with van der Waals surface area (Å²) >= 11 is 0. The monoisotopic (exact) mass is 205 g/mol. The molecule has 2 amide bonds. The average molecular weight is 205 g/mol. The molecule has 0 aromatic heterocycles. The second kappa shape index (κ2) is 4.79. The van der Waals surface area contributed by atoms with Crippen LogP contribution in [0.3, 0.4) is 0 Å². The van der Waals surface area contributed by atoms with Gasteiger partial charge in [0.05, 0.1) is 18.9 Å². The van der Waals surface area contributed by atoms with Crippen molar-refractivity contribution in [3.8, 4) is 0 Å². The number of ether oxygens (including phenoxy) is 1. The first-order valence-electron chi connectivity index (χ1n) is 4.96. The molecule has 4 heteroatoms. The third-order valence-corrected chi connectivity index (χ3v) is 2.25. The van der Waals surface area contributed by atoms with Crippen LogP contribution in [0.15, 0.2) is 24.3 Å². The summed E-state index contributed by atoms with van der Waals surface area (Å²) in [4.78, 5) is 13.4. The number of rotatable bonds is 1. The van der Waals surface area contributed by atoms with Crippen LogP contribution in [0.4, 0.5) is 10.5 Å². The zero-order valence-corrected chi connectivity index (χ0v) is 8.40. The van der Waals surface area contributed by atoms with Crippen LogP contribution >= 0.6 is 0 Å². The van der Waals surface area contributed by atoms with E-state index in [0.717, 1.165) is 0 Å². The minimum Gasteiger partial charge on any atom is -0.378 e. The van der Waals surface area contributed by atoms with Gasteiger partial charge in [0.2, 0.25) is 0 Å². The molecule has 15 heavy (non-hydrogen) atoms. The maximum atomic E-state index is 11.7. The summed E-state index contributed by atoms with van der Waals surface area (Å²) in [7, 11) is 0. The third-order valence-electron chi connectivity index (χ3n) is 2.25. The lowest BCUT2D eigenvalue weighted by atomic mass is 10.3. The molecule has 1 radical (unpaired) electrons. The fourth-order valence-corrected chi connectivity index (χ4v) is 1.43. The number of hydrogen-bond donors (Lipinski definition) is 1. The minimum absolute atomic E-state index is 0.0826. The highest BCUT2D eigenvalue weighted by Crippen LogP contribution is 2.06. The van der Waals surface area contributed by atoms with Gasteiger partial charge in [-0.15, -0.1) is 0 Å². The summed E-state index contributed by atoms with van der Waals surface area (Å²) in [5, 5.41) is 2.79. The number of nitrogens with one attached hydrogen (secondary N) is 1. The molecule has 0 spiro atoms. The summed E-state index contributed by atoms with van der Waals surface area (Å²) in [6.07, 6.45) is 0.